The Labute approximate surface area is 194 Å². The summed E-state index contributed by atoms with van der Waals surface area (Å²) in [7, 11) is -3.65. The number of hydrogen-bond acceptors (Lipinski definition) is 4. The number of likely N-dealkylation sites (tertiary alicyclic amines) is 1. The van der Waals surface area contributed by atoms with E-state index in [0.29, 0.717) is 37.0 Å². The smallest absolute Gasteiger partial charge is 0.254 e. The average molecular weight is 467 g/mol. The Morgan fingerprint density at radius 3 is 2.58 bits per heavy atom. The summed E-state index contributed by atoms with van der Waals surface area (Å²) in [5.41, 5.74) is 2.23. The van der Waals surface area contributed by atoms with Gasteiger partial charge < -0.3 is 9.88 Å². The van der Waals surface area contributed by atoms with Gasteiger partial charge in [0, 0.05) is 25.2 Å². The minimum Gasteiger partial charge on any atom is -0.340 e. The molecule has 0 saturated carbocycles. The lowest BCUT2D eigenvalue weighted by atomic mass is 9.94. The Balaban J connectivity index is 1.41. The molecule has 2 aliphatic heterocycles. The fourth-order valence-corrected chi connectivity index (χ4v) is 7.06. The molecule has 2 aliphatic rings. The molecule has 2 fully saturated rings. The lowest BCUT2D eigenvalue weighted by Crippen LogP contribution is -2.42. The SMILES string of the molecule is C[C@@H]1C[C@@H](C)CN(S(=O)(=O)c2cccc(C(=O)N3CCC[C@@H]3c3nc4ccccc4[nH]3)c2)C1. The molecule has 3 aromatic rings. The highest BCUT2D eigenvalue weighted by Crippen LogP contribution is 2.33. The van der Waals surface area contributed by atoms with E-state index in [1.807, 2.05) is 29.2 Å². The van der Waals surface area contributed by atoms with E-state index < -0.39 is 10.0 Å². The molecule has 0 bridgehead atoms. The highest BCUT2D eigenvalue weighted by Gasteiger charge is 2.35. The number of imidazole rings is 1. The lowest BCUT2D eigenvalue weighted by molar-refractivity contribution is 0.0730. The van der Waals surface area contributed by atoms with Crippen molar-refractivity contribution in [3.63, 3.8) is 0 Å². The first-order valence-corrected chi connectivity index (χ1v) is 13.1. The van der Waals surface area contributed by atoms with Crippen LogP contribution in [0.4, 0.5) is 0 Å². The van der Waals surface area contributed by atoms with Crippen LogP contribution in [0.15, 0.2) is 53.4 Å². The summed E-state index contributed by atoms with van der Waals surface area (Å²) in [4.78, 5) is 23.5. The van der Waals surface area contributed by atoms with Gasteiger partial charge in [-0.05, 0) is 61.4 Å². The quantitative estimate of drug-likeness (QED) is 0.624. The first-order chi connectivity index (χ1) is 15.8. The van der Waals surface area contributed by atoms with E-state index in [1.165, 1.54) is 6.07 Å². The molecule has 2 aromatic carbocycles. The third kappa shape index (κ3) is 4.17. The highest BCUT2D eigenvalue weighted by molar-refractivity contribution is 7.89. The number of rotatable bonds is 4. The van der Waals surface area contributed by atoms with Crippen LogP contribution in [0.2, 0.25) is 0 Å². The summed E-state index contributed by atoms with van der Waals surface area (Å²) in [6, 6.07) is 14.2. The zero-order chi connectivity index (χ0) is 23.2. The van der Waals surface area contributed by atoms with Gasteiger partial charge in [0.1, 0.15) is 5.82 Å². The summed E-state index contributed by atoms with van der Waals surface area (Å²) >= 11 is 0. The van der Waals surface area contributed by atoms with Gasteiger partial charge in [-0.2, -0.15) is 4.31 Å². The number of benzene rings is 2. The van der Waals surface area contributed by atoms with Gasteiger partial charge in [0.25, 0.3) is 5.91 Å². The van der Waals surface area contributed by atoms with Crippen LogP contribution in [0.5, 0.6) is 0 Å². The summed E-state index contributed by atoms with van der Waals surface area (Å²) < 4.78 is 28.3. The minimum absolute atomic E-state index is 0.144. The van der Waals surface area contributed by atoms with Crippen molar-refractivity contribution in [1.82, 2.24) is 19.2 Å². The number of aromatic amines is 1. The molecule has 33 heavy (non-hydrogen) atoms. The third-order valence-corrected chi connectivity index (χ3v) is 8.62. The lowest BCUT2D eigenvalue weighted by Gasteiger charge is -2.34. The van der Waals surface area contributed by atoms with Gasteiger partial charge in [0.05, 0.1) is 22.0 Å². The van der Waals surface area contributed by atoms with Gasteiger partial charge in [0.15, 0.2) is 0 Å². The number of para-hydroxylation sites is 2. The van der Waals surface area contributed by atoms with E-state index in [-0.39, 0.29) is 16.8 Å². The van der Waals surface area contributed by atoms with Crippen molar-refractivity contribution >= 4 is 27.0 Å². The normalized spacial score (nSPS) is 24.4. The molecular formula is C25H30N4O3S. The Morgan fingerprint density at radius 2 is 1.82 bits per heavy atom. The number of aromatic nitrogens is 2. The second-order valence-electron chi connectivity index (χ2n) is 9.59. The molecule has 8 heteroatoms. The molecule has 1 amide bonds. The molecule has 0 unspecified atom stereocenters. The molecule has 174 valence electrons. The van der Waals surface area contributed by atoms with Crippen LogP contribution in [0.3, 0.4) is 0 Å². The number of piperidine rings is 1. The zero-order valence-electron chi connectivity index (χ0n) is 19.1. The Kier molecular flexibility index (Phi) is 5.74. The number of amides is 1. The van der Waals surface area contributed by atoms with Gasteiger partial charge in [-0.25, -0.2) is 13.4 Å². The first kappa shape index (κ1) is 22.1. The van der Waals surface area contributed by atoms with E-state index in [0.717, 1.165) is 36.1 Å². The van der Waals surface area contributed by atoms with E-state index in [1.54, 1.807) is 22.5 Å². The molecule has 3 atom stereocenters. The number of carbonyl (C=O) groups is 1. The molecule has 0 aliphatic carbocycles. The van der Waals surface area contributed by atoms with Gasteiger partial charge in [-0.15, -0.1) is 0 Å². The zero-order valence-corrected chi connectivity index (χ0v) is 19.9. The maximum absolute atomic E-state index is 13.5. The van der Waals surface area contributed by atoms with Crippen LogP contribution in [0, 0.1) is 11.8 Å². The molecule has 7 nitrogen and oxygen atoms in total. The van der Waals surface area contributed by atoms with Crippen molar-refractivity contribution in [1.29, 1.82) is 0 Å². The number of sulfonamides is 1. The largest absolute Gasteiger partial charge is 0.340 e. The van der Waals surface area contributed by atoms with Crippen LogP contribution in [-0.2, 0) is 10.0 Å². The van der Waals surface area contributed by atoms with Crippen molar-refractivity contribution < 1.29 is 13.2 Å². The van der Waals surface area contributed by atoms with Crippen molar-refractivity contribution in [2.75, 3.05) is 19.6 Å². The summed E-state index contributed by atoms with van der Waals surface area (Å²) in [5, 5.41) is 0. The number of H-pyrrole nitrogens is 1. The molecule has 1 N–H and O–H groups in total. The van der Waals surface area contributed by atoms with Crippen LogP contribution in [0.1, 0.15) is 55.3 Å². The van der Waals surface area contributed by atoms with Crippen LogP contribution >= 0.6 is 0 Å². The Morgan fingerprint density at radius 1 is 1.06 bits per heavy atom. The number of nitrogens with zero attached hydrogens (tertiary/aromatic N) is 3. The van der Waals surface area contributed by atoms with E-state index in [4.69, 9.17) is 4.98 Å². The van der Waals surface area contributed by atoms with E-state index in [2.05, 4.69) is 18.8 Å². The van der Waals surface area contributed by atoms with Crippen LogP contribution in [0.25, 0.3) is 11.0 Å². The van der Waals surface area contributed by atoms with Crippen LogP contribution in [-0.4, -0.2) is 53.1 Å². The Bertz CT molecular complexity index is 1240. The van der Waals surface area contributed by atoms with Gasteiger partial charge in [-0.3, -0.25) is 4.79 Å². The highest BCUT2D eigenvalue weighted by atomic mass is 32.2. The van der Waals surface area contributed by atoms with E-state index in [9.17, 15) is 13.2 Å². The predicted molar refractivity (Wildman–Crippen MR) is 127 cm³/mol. The summed E-state index contributed by atoms with van der Waals surface area (Å²) in [6.07, 6.45) is 2.74. The predicted octanol–water partition coefficient (Wildman–Crippen LogP) is 4.21. The number of fused-ring (bicyclic) bond motifs is 1. The second kappa shape index (κ2) is 8.57. The van der Waals surface area contributed by atoms with Crippen molar-refractivity contribution in [3.05, 3.63) is 59.9 Å². The second-order valence-corrected chi connectivity index (χ2v) is 11.5. The van der Waals surface area contributed by atoms with E-state index >= 15 is 0 Å². The molecule has 0 spiro atoms. The molecular weight excluding hydrogens is 436 g/mol. The third-order valence-electron chi connectivity index (χ3n) is 6.79. The number of hydrogen-bond donors (Lipinski definition) is 1. The summed E-state index contributed by atoms with van der Waals surface area (Å²) in [6.45, 7) is 5.84. The first-order valence-electron chi connectivity index (χ1n) is 11.7. The van der Waals surface area contributed by atoms with Crippen molar-refractivity contribution in [2.24, 2.45) is 11.8 Å². The summed E-state index contributed by atoms with van der Waals surface area (Å²) in [5.74, 6) is 1.27. The minimum atomic E-state index is -3.65. The van der Waals surface area contributed by atoms with Gasteiger partial charge >= 0.3 is 0 Å². The molecule has 2 saturated heterocycles. The number of carbonyl (C=O) groups excluding carboxylic acids is 1. The number of nitrogens with one attached hydrogen (secondary N) is 1. The fourth-order valence-electron chi connectivity index (χ4n) is 5.33. The molecule has 3 heterocycles. The maximum atomic E-state index is 13.5. The molecule has 0 radical (unpaired) electrons. The van der Waals surface area contributed by atoms with Crippen molar-refractivity contribution in [2.45, 2.75) is 44.0 Å². The fraction of sp³-hybridized carbons (Fsp3) is 0.440. The molecule has 5 rings (SSSR count). The van der Waals surface area contributed by atoms with Crippen molar-refractivity contribution in [3.8, 4) is 0 Å². The monoisotopic (exact) mass is 466 g/mol. The topological polar surface area (TPSA) is 86.4 Å². The maximum Gasteiger partial charge on any atom is 0.254 e. The molecule has 1 aromatic heterocycles. The standard InChI is InChI=1S/C25H30N4O3S/c1-17-13-18(2)16-28(15-17)33(31,32)20-8-5-7-19(14-20)25(30)29-12-6-11-23(29)24-26-21-9-3-4-10-22(21)27-24/h3-5,7-10,14,17-18,23H,6,11-13,15-16H2,1-2H3,(H,26,27)/t17-,18-,23-/m1/s1. The van der Waals surface area contributed by atoms with Gasteiger partial charge in [-0.1, -0.05) is 32.0 Å². The van der Waals surface area contributed by atoms with Gasteiger partial charge in [0.2, 0.25) is 10.0 Å². The average Bonchev–Trinajstić information content (AvgIpc) is 3.45. The van der Waals surface area contributed by atoms with Crippen LogP contribution < -0.4 is 0 Å². The Hall–Kier alpha value is -2.71.